The lowest BCUT2D eigenvalue weighted by Gasteiger charge is -2.17. The van der Waals surface area contributed by atoms with E-state index in [2.05, 4.69) is 5.43 Å². The summed E-state index contributed by atoms with van der Waals surface area (Å²) in [5.41, 5.74) is 2.02. The van der Waals surface area contributed by atoms with Crippen molar-refractivity contribution in [2.24, 2.45) is 5.84 Å². The fourth-order valence-corrected chi connectivity index (χ4v) is 2.65. The predicted molar refractivity (Wildman–Crippen MR) is 66.4 cm³/mol. The molecule has 3 N–H and O–H groups in total. The zero-order valence-electron chi connectivity index (χ0n) is 9.95. The third kappa shape index (κ3) is 2.58. The third-order valence-corrected chi connectivity index (χ3v) is 4.44. The first-order valence-corrected chi connectivity index (χ1v) is 6.50. The maximum absolute atomic E-state index is 12.1. The second-order valence-electron chi connectivity index (χ2n) is 3.50. The Morgan fingerprint density at radius 2 is 2.11 bits per heavy atom. The van der Waals surface area contributed by atoms with Crippen molar-refractivity contribution >= 4 is 21.4 Å². The molecule has 0 fully saturated rings. The fourth-order valence-electron chi connectivity index (χ4n) is 1.30. The van der Waals surface area contributed by atoms with Crippen molar-refractivity contribution in [1.29, 1.82) is 0 Å². The monoisotopic (exact) mass is 274 g/mol. The molecule has 0 radical (unpaired) electrons. The summed E-state index contributed by atoms with van der Waals surface area (Å²) in [6.07, 6.45) is 0. The highest BCUT2D eigenvalue weighted by Crippen LogP contribution is 2.27. The lowest BCUT2D eigenvalue weighted by atomic mass is 10.3. The number of nitro benzene ring substituents is 1. The zero-order chi connectivity index (χ0) is 13.9. The number of rotatable bonds is 5. The number of nitrogens with one attached hydrogen (secondary N) is 1. The molecule has 0 aromatic heterocycles. The van der Waals surface area contributed by atoms with Gasteiger partial charge < -0.3 is 5.43 Å². The molecule has 0 spiro atoms. The molecule has 0 saturated heterocycles. The van der Waals surface area contributed by atoms with E-state index in [1.165, 1.54) is 19.2 Å². The summed E-state index contributed by atoms with van der Waals surface area (Å²) >= 11 is 0. The van der Waals surface area contributed by atoms with Crippen LogP contribution in [0.1, 0.15) is 6.92 Å². The Morgan fingerprint density at radius 3 is 2.56 bits per heavy atom. The van der Waals surface area contributed by atoms with Crippen LogP contribution >= 0.6 is 0 Å². The molecule has 18 heavy (non-hydrogen) atoms. The Labute approximate surface area is 105 Å². The lowest BCUT2D eigenvalue weighted by Crippen LogP contribution is -2.28. The molecule has 1 aromatic carbocycles. The van der Waals surface area contributed by atoms with Gasteiger partial charge in [0.2, 0.25) is 10.0 Å². The van der Waals surface area contributed by atoms with Crippen LogP contribution in [-0.2, 0) is 10.0 Å². The smallest absolute Gasteiger partial charge is 0.270 e. The molecule has 0 heterocycles. The van der Waals surface area contributed by atoms with Crippen molar-refractivity contribution < 1.29 is 13.3 Å². The van der Waals surface area contributed by atoms with Gasteiger partial charge in [0, 0.05) is 25.7 Å². The van der Waals surface area contributed by atoms with Crippen LogP contribution in [0.15, 0.2) is 23.1 Å². The minimum absolute atomic E-state index is 0.112. The highest BCUT2D eigenvalue weighted by Gasteiger charge is 2.25. The predicted octanol–water partition coefficient (Wildman–Crippen LogP) is 0.521. The quantitative estimate of drug-likeness (QED) is 0.459. The number of nitro groups is 1. The van der Waals surface area contributed by atoms with E-state index in [4.69, 9.17) is 5.84 Å². The molecule has 0 aliphatic carbocycles. The Balaban J connectivity index is 3.46. The average molecular weight is 274 g/mol. The minimum atomic E-state index is -3.80. The van der Waals surface area contributed by atoms with Crippen molar-refractivity contribution in [3.8, 4) is 0 Å². The molecule has 0 bridgehead atoms. The molecular formula is C9H14N4O4S. The van der Waals surface area contributed by atoms with Gasteiger partial charge in [-0.05, 0) is 6.07 Å². The standard InChI is InChI=1S/C9H14N4O4S/c1-3-12(2)18(16,17)9-6-7(13(14)15)4-5-8(9)11-10/h4-6,11H,3,10H2,1-2H3. The maximum atomic E-state index is 12.1. The molecular weight excluding hydrogens is 260 g/mol. The molecule has 9 heteroatoms. The normalized spacial score (nSPS) is 11.6. The number of benzene rings is 1. The molecule has 100 valence electrons. The molecule has 8 nitrogen and oxygen atoms in total. The Bertz CT molecular complexity index is 558. The Hall–Kier alpha value is -1.71. The summed E-state index contributed by atoms with van der Waals surface area (Å²) in [6.45, 7) is 1.90. The number of hydrogen-bond donors (Lipinski definition) is 2. The molecule has 0 saturated carbocycles. The van der Waals surface area contributed by atoms with Crippen LogP contribution in [0.2, 0.25) is 0 Å². The SMILES string of the molecule is CCN(C)S(=O)(=O)c1cc([N+](=O)[O-])ccc1NN. The summed E-state index contributed by atoms with van der Waals surface area (Å²) in [5.74, 6) is 5.21. The zero-order valence-corrected chi connectivity index (χ0v) is 10.8. The van der Waals surface area contributed by atoms with Gasteiger partial charge in [0.1, 0.15) is 4.90 Å². The van der Waals surface area contributed by atoms with Crippen LogP contribution in [-0.4, -0.2) is 31.2 Å². The first-order valence-electron chi connectivity index (χ1n) is 5.06. The van der Waals surface area contributed by atoms with E-state index in [0.29, 0.717) is 0 Å². The highest BCUT2D eigenvalue weighted by molar-refractivity contribution is 7.89. The van der Waals surface area contributed by atoms with Crippen molar-refractivity contribution in [1.82, 2.24) is 4.31 Å². The van der Waals surface area contributed by atoms with Crippen molar-refractivity contribution in [3.05, 3.63) is 28.3 Å². The van der Waals surface area contributed by atoms with E-state index < -0.39 is 14.9 Å². The number of sulfonamides is 1. The summed E-state index contributed by atoms with van der Waals surface area (Å²) in [6, 6.07) is 3.42. The molecule has 1 rings (SSSR count). The number of hydrogen-bond acceptors (Lipinski definition) is 6. The molecule has 0 aliphatic heterocycles. The number of nitrogens with zero attached hydrogens (tertiary/aromatic N) is 2. The minimum Gasteiger partial charge on any atom is -0.323 e. The number of anilines is 1. The van der Waals surface area contributed by atoms with Crippen LogP contribution in [0, 0.1) is 10.1 Å². The maximum Gasteiger partial charge on any atom is 0.270 e. The summed E-state index contributed by atoms with van der Waals surface area (Å²) in [7, 11) is -2.42. The number of non-ortho nitro benzene ring substituents is 1. The third-order valence-electron chi connectivity index (χ3n) is 2.47. The van der Waals surface area contributed by atoms with Crippen LogP contribution in [0.5, 0.6) is 0 Å². The number of hydrazine groups is 1. The van der Waals surface area contributed by atoms with E-state index >= 15 is 0 Å². The largest absolute Gasteiger partial charge is 0.323 e. The van der Waals surface area contributed by atoms with Gasteiger partial charge in [-0.2, -0.15) is 0 Å². The van der Waals surface area contributed by atoms with E-state index in [1.54, 1.807) is 6.92 Å². The van der Waals surface area contributed by atoms with Gasteiger partial charge in [-0.1, -0.05) is 6.92 Å². The first kappa shape index (κ1) is 14.4. The second-order valence-corrected chi connectivity index (χ2v) is 5.51. The van der Waals surface area contributed by atoms with E-state index in [0.717, 1.165) is 10.4 Å². The summed E-state index contributed by atoms with van der Waals surface area (Å²) < 4.78 is 25.3. The van der Waals surface area contributed by atoms with Crippen LogP contribution in [0.3, 0.4) is 0 Å². The fraction of sp³-hybridized carbons (Fsp3) is 0.333. The Morgan fingerprint density at radius 1 is 1.50 bits per heavy atom. The van der Waals surface area contributed by atoms with Crippen molar-refractivity contribution in [3.63, 3.8) is 0 Å². The topological polar surface area (TPSA) is 119 Å². The second kappa shape index (κ2) is 5.29. The van der Waals surface area contributed by atoms with Crippen LogP contribution < -0.4 is 11.3 Å². The van der Waals surface area contributed by atoms with Crippen molar-refractivity contribution in [2.45, 2.75) is 11.8 Å². The van der Waals surface area contributed by atoms with Gasteiger partial charge in [0.25, 0.3) is 5.69 Å². The highest BCUT2D eigenvalue weighted by atomic mass is 32.2. The first-order chi connectivity index (χ1) is 8.34. The van der Waals surface area contributed by atoms with Gasteiger partial charge in [-0.25, -0.2) is 12.7 Å². The summed E-state index contributed by atoms with van der Waals surface area (Å²) in [4.78, 5) is 9.78. The van der Waals surface area contributed by atoms with Gasteiger partial charge >= 0.3 is 0 Å². The molecule has 0 atom stereocenters. The molecule has 0 unspecified atom stereocenters. The molecule has 0 aliphatic rings. The van der Waals surface area contributed by atoms with Gasteiger partial charge in [-0.3, -0.25) is 16.0 Å². The van der Waals surface area contributed by atoms with Crippen molar-refractivity contribution in [2.75, 3.05) is 19.0 Å². The number of nitrogens with two attached hydrogens (primary N) is 1. The summed E-state index contributed by atoms with van der Waals surface area (Å²) in [5, 5.41) is 10.7. The van der Waals surface area contributed by atoms with E-state index in [9.17, 15) is 18.5 Å². The van der Waals surface area contributed by atoms with E-state index in [-0.39, 0.29) is 22.8 Å². The van der Waals surface area contributed by atoms with Crippen LogP contribution in [0.25, 0.3) is 0 Å². The molecule has 1 aromatic rings. The number of nitrogen functional groups attached to an aromatic ring is 1. The van der Waals surface area contributed by atoms with Gasteiger partial charge in [0.05, 0.1) is 10.6 Å². The molecule has 0 amide bonds. The lowest BCUT2D eigenvalue weighted by molar-refractivity contribution is -0.385. The van der Waals surface area contributed by atoms with Crippen LogP contribution in [0.4, 0.5) is 11.4 Å². The average Bonchev–Trinajstić information content (AvgIpc) is 2.36. The van der Waals surface area contributed by atoms with E-state index in [1.807, 2.05) is 0 Å². The Kier molecular flexibility index (Phi) is 4.22. The van der Waals surface area contributed by atoms with Gasteiger partial charge in [-0.15, -0.1) is 0 Å². The van der Waals surface area contributed by atoms with Gasteiger partial charge in [0.15, 0.2) is 0 Å².